The Hall–Kier alpha value is -1.06. The average Bonchev–Trinajstić information content (AvgIpc) is 2.67. The molecule has 0 spiro atoms. The molecule has 0 radical (unpaired) electrons. The Morgan fingerprint density at radius 2 is 2.00 bits per heavy atom. The van der Waals surface area contributed by atoms with Gasteiger partial charge in [-0.2, -0.15) is 0 Å². The van der Waals surface area contributed by atoms with Crippen molar-refractivity contribution in [1.82, 2.24) is 5.32 Å². The van der Waals surface area contributed by atoms with Gasteiger partial charge in [-0.05, 0) is 50.6 Å². The smallest absolute Gasteiger partial charge is 0.137 e. The first-order valence-corrected chi connectivity index (χ1v) is 6.15. The number of rotatable bonds is 1. The van der Waals surface area contributed by atoms with Crippen LogP contribution in [0.1, 0.15) is 30.1 Å². The minimum atomic E-state index is -0.233. The van der Waals surface area contributed by atoms with Gasteiger partial charge in [-0.25, -0.2) is 4.39 Å². The van der Waals surface area contributed by atoms with E-state index in [2.05, 4.69) is 12.2 Å². The van der Waals surface area contributed by atoms with E-state index in [0.717, 1.165) is 37.1 Å². The largest absolute Gasteiger partial charge is 0.460 e. The number of piperidine rings is 1. The predicted octanol–water partition coefficient (Wildman–Crippen LogP) is 3.77. The summed E-state index contributed by atoms with van der Waals surface area (Å²) in [4.78, 5) is 0. The lowest BCUT2D eigenvalue weighted by Crippen LogP contribution is -2.26. The fourth-order valence-electron chi connectivity index (χ4n) is 2.69. The summed E-state index contributed by atoms with van der Waals surface area (Å²) in [7, 11) is 0. The third-order valence-corrected chi connectivity index (χ3v) is 3.65. The molecule has 2 aromatic rings. The van der Waals surface area contributed by atoms with Crippen LogP contribution < -0.4 is 5.32 Å². The molecule has 0 bridgehead atoms. The number of furan rings is 1. The fourth-order valence-corrected chi connectivity index (χ4v) is 2.69. The van der Waals surface area contributed by atoms with E-state index in [1.165, 1.54) is 17.7 Å². The Balaban J connectivity index is 0.00000120. The molecule has 2 nitrogen and oxygen atoms in total. The molecular formula is C14H17ClFNO. The summed E-state index contributed by atoms with van der Waals surface area (Å²) in [6.07, 6.45) is 2.20. The Morgan fingerprint density at radius 3 is 2.72 bits per heavy atom. The zero-order chi connectivity index (χ0) is 11.8. The van der Waals surface area contributed by atoms with Gasteiger partial charge in [0.15, 0.2) is 0 Å². The van der Waals surface area contributed by atoms with Crippen LogP contribution in [0.15, 0.2) is 22.6 Å². The van der Waals surface area contributed by atoms with Crippen molar-refractivity contribution in [1.29, 1.82) is 0 Å². The molecule has 1 aromatic carbocycles. The molecule has 2 heterocycles. The van der Waals surface area contributed by atoms with Crippen molar-refractivity contribution in [3.63, 3.8) is 0 Å². The highest BCUT2D eigenvalue weighted by atomic mass is 35.5. The second-order valence-corrected chi connectivity index (χ2v) is 4.76. The summed E-state index contributed by atoms with van der Waals surface area (Å²) in [5.74, 6) is 1.29. The van der Waals surface area contributed by atoms with Gasteiger partial charge >= 0.3 is 0 Å². The van der Waals surface area contributed by atoms with Crippen molar-refractivity contribution in [3.05, 3.63) is 35.3 Å². The second kappa shape index (κ2) is 5.29. The normalized spacial score (nSPS) is 16.8. The van der Waals surface area contributed by atoms with Gasteiger partial charge in [-0.15, -0.1) is 12.4 Å². The summed E-state index contributed by atoms with van der Waals surface area (Å²) in [6.45, 7) is 4.14. The summed E-state index contributed by atoms with van der Waals surface area (Å²) in [5, 5.41) is 4.39. The Bertz CT molecular complexity index is 546. The first-order chi connectivity index (χ1) is 8.25. The third-order valence-electron chi connectivity index (χ3n) is 3.65. The quantitative estimate of drug-likeness (QED) is 0.853. The topological polar surface area (TPSA) is 25.2 Å². The lowest BCUT2D eigenvalue weighted by atomic mass is 9.93. The zero-order valence-electron chi connectivity index (χ0n) is 10.3. The van der Waals surface area contributed by atoms with Crippen LogP contribution >= 0.6 is 12.4 Å². The lowest BCUT2D eigenvalue weighted by Gasteiger charge is -2.21. The maximum Gasteiger partial charge on any atom is 0.137 e. The molecule has 1 N–H and O–H groups in total. The molecule has 1 aromatic heterocycles. The number of hydrogen-bond donors (Lipinski definition) is 1. The minimum absolute atomic E-state index is 0. The van der Waals surface area contributed by atoms with Crippen LogP contribution in [0.25, 0.3) is 11.0 Å². The minimum Gasteiger partial charge on any atom is -0.460 e. The van der Waals surface area contributed by atoms with E-state index in [-0.39, 0.29) is 18.2 Å². The molecule has 0 aliphatic carbocycles. The van der Waals surface area contributed by atoms with Gasteiger partial charge in [0.05, 0.1) is 0 Å². The molecule has 1 aliphatic heterocycles. The molecule has 0 atom stereocenters. The molecule has 1 fully saturated rings. The number of nitrogens with one attached hydrogen (secondary N) is 1. The van der Waals surface area contributed by atoms with Crippen molar-refractivity contribution in [2.24, 2.45) is 0 Å². The first kappa shape index (κ1) is 13.4. The third kappa shape index (κ3) is 2.25. The van der Waals surface area contributed by atoms with Gasteiger partial charge in [-0.1, -0.05) is 0 Å². The molecule has 3 rings (SSSR count). The molecule has 18 heavy (non-hydrogen) atoms. The standard InChI is InChI=1S/C14H16FNO.ClH/c1-9-12-3-2-11(15)8-13(12)17-14(9)10-4-6-16-7-5-10;/h2-3,8,10,16H,4-7H2,1H3;1H. The van der Waals surface area contributed by atoms with Crippen molar-refractivity contribution < 1.29 is 8.81 Å². The summed E-state index contributed by atoms with van der Waals surface area (Å²) < 4.78 is 19.0. The molecule has 0 amide bonds. The molecular weight excluding hydrogens is 253 g/mol. The van der Waals surface area contributed by atoms with E-state index < -0.39 is 0 Å². The van der Waals surface area contributed by atoms with E-state index in [9.17, 15) is 4.39 Å². The van der Waals surface area contributed by atoms with Gasteiger partial charge in [0.2, 0.25) is 0 Å². The Morgan fingerprint density at radius 1 is 1.28 bits per heavy atom. The van der Waals surface area contributed by atoms with Crippen molar-refractivity contribution in [2.45, 2.75) is 25.7 Å². The van der Waals surface area contributed by atoms with E-state index in [0.29, 0.717) is 11.5 Å². The maximum absolute atomic E-state index is 13.1. The molecule has 98 valence electrons. The highest BCUT2D eigenvalue weighted by Gasteiger charge is 2.22. The highest BCUT2D eigenvalue weighted by Crippen LogP contribution is 2.34. The second-order valence-electron chi connectivity index (χ2n) is 4.76. The van der Waals surface area contributed by atoms with E-state index in [1.54, 1.807) is 0 Å². The van der Waals surface area contributed by atoms with Crippen LogP contribution in [0.3, 0.4) is 0 Å². The maximum atomic E-state index is 13.1. The van der Waals surface area contributed by atoms with E-state index >= 15 is 0 Å². The molecule has 4 heteroatoms. The first-order valence-electron chi connectivity index (χ1n) is 6.15. The number of hydrogen-bond acceptors (Lipinski definition) is 2. The fraction of sp³-hybridized carbons (Fsp3) is 0.429. The van der Waals surface area contributed by atoms with Gasteiger partial charge in [0, 0.05) is 17.4 Å². The van der Waals surface area contributed by atoms with E-state index in [1.807, 2.05) is 6.07 Å². The average molecular weight is 270 g/mol. The predicted molar refractivity (Wildman–Crippen MR) is 73.0 cm³/mol. The Labute approximate surface area is 112 Å². The monoisotopic (exact) mass is 269 g/mol. The SMILES string of the molecule is Cc1c(C2CCNCC2)oc2cc(F)ccc12.Cl. The van der Waals surface area contributed by atoms with Crippen LogP contribution in [0.4, 0.5) is 4.39 Å². The number of aryl methyl sites for hydroxylation is 1. The lowest BCUT2D eigenvalue weighted by molar-refractivity contribution is 0.395. The molecule has 1 saturated heterocycles. The summed E-state index contributed by atoms with van der Waals surface area (Å²) in [6, 6.07) is 4.79. The van der Waals surface area contributed by atoms with Gasteiger partial charge in [0.1, 0.15) is 17.2 Å². The number of halogens is 2. The number of benzene rings is 1. The van der Waals surface area contributed by atoms with Crippen molar-refractivity contribution in [3.8, 4) is 0 Å². The summed E-state index contributed by atoms with van der Waals surface area (Å²) >= 11 is 0. The van der Waals surface area contributed by atoms with Crippen LogP contribution in [0.2, 0.25) is 0 Å². The van der Waals surface area contributed by atoms with Crippen molar-refractivity contribution >= 4 is 23.4 Å². The summed E-state index contributed by atoms with van der Waals surface area (Å²) in [5.41, 5.74) is 1.85. The van der Waals surface area contributed by atoms with Gasteiger partial charge in [-0.3, -0.25) is 0 Å². The Kier molecular flexibility index (Phi) is 3.93. The van der Waals surface area contributed by atoms with Gasteiger partial charge in [0.25, 0.3) is 0 Å². The number of fused-ring (bicyclic) bond motifs is 1. The van der Waals surface area contributed by atoms with Gasteiger partial charge < -0.3 is 9.73 Å². The van der Waals surface area contributed by atoms with Crippen LogP contribution in [0.5, 0.6) is 0 Å². The van der Waals surface area contributed by atoms with E-state index in [4.69, 9.17) is 4.42 Å². The van der Waals surface area contributed by atoms with Crippen LogP contribution in [-0.2, 0) is 0 Å². The molecule has 1 aliphatic rings. The van der Waals surface area contributed by atoms with Crippen LogP contribution in [-0.4, -0.2) is 13.1 Å². The van der Waals surface area contributed by atoms with Crippen molar-refractivity contribution in [2.75, 3.05) is 13.1 Å². The highest BCUT2D eigenvalue weighted by molar-refractivity contribution is 5.85. The molecule has 0 unspecified atom stereocenters. The zero-order valence-corrected chi connectivity index (χ0v) is 11.1. The molecule has 0 saturated carbocycles. The van der Waals surface area contributed by atoms with Crippen LogP contribution in [0, 0.1) is 12.7 Å².